The van der Waals surface area contributed by atoms with E-state index in [4.69, 9.17) is 27.9 Å². The maximum absolute atomic E-state index is 12.7. The van der Waals surface area contributed by atoms with E-state index in [1.54, 1.807) is 62.4 Å². The van der Waals surface area contributed by atoms with E-state index in [1.165, 1.54) is 6.08 Å². The Morgan fingerprint density at radius 3 is 2.10 bits per heavy atom. The summed E-state index contributed by atoms with van der Waals surface area (Å²) >= 11 is 12.2. The first-order valence-electron chi connectivity index (χ1n) is 9.58. The van der Waals surface area contributed by atoms with Crippen LogP contribution in [0.4, 0.5) is 5.69 Å². The summed E-state index contributed by atoms with van der Waals surface area (Å²) in [6, 6.07) is 21.1. The SMILES string of the molecule is CC(C)(Oc1ccc(/C=C\C(=O)c2ccccc2)cc1)C(=O)Nc1c(Cl)cccc1Cl. The van der Waals surface area contributed by atoms with E-state index >= 15 is 0 Å². The first-order chi connectivity index (χ1) is 14.8. The van der Waals surface area contributed by atoms with Crippen LogP contribution in [0, 0.1) is 0 Å². The summed E-state index contributed by atoms with van der Waals surface area (Å²) in [6.45, 7) is 3.30. The minimum absolute atomic E-state index is 0.0723. The van der Waals surface area contributed by atoms with Crippen molar-refractivity contribution in [3.05, 3.63) is 100 Å². The maximum Gasteiger partial charge on any atom is 0.268 e. The molecule has 31 heavy (non-hydrogen) atoms. The van der Waals surface area contributed by atoms with Crippen LogP contribution in [0.3, 0.4) is 0 Å². The van der Waals surface area contributed by atoms with Crippen LogP contribution in [0.15, 0.2) is 78.9 Å². The first kappa shape index (κ1) is 22.6. The molecule has 0 saturated heterocycles. The Kier molecular flexibility index (Phi) is 7.16. The predicted octanol–water partition coefficient (Wildman–Crippen LogP) is 6.69. The lowest BCUT2D eigenvalue weighted by Gasteiger charge is -2.26. The first-order valence-corrected chi connectivity index (χ1v) is 10.3. The third kappa shape index (κ3) is 5.97. The lowest BCUT2D eigenvalue weighted by Crippen LogP contribution is -2.42. The molecule has 0 aromatic heterocycles. The van der Waals surface area contributed by atoms with Gasteiger partial charge in [0.05, 0.1) is 15.7 Å². The fourth-order valence-electron chi connectivity index (χ4n) is 2.74. The third-order valence-corrected chi connectivity index (χ3v) is 5.12. The minimum atomic E-state index is -1.18. The molecule has 0 aliphatic heterocycles. The highest BCUT2D eigenvalue weighted by molar-refractivity contribution is 6.39. The Balaban J connectivity index is 1.65. The van der Waals surface area contributed by atoms with Crippen molar-refractivity contribution in [3.8, 4) is 5.75 Å². The standard InChI is InChI=1S/C25H21Cl2NO3/c1-25(2,24(30)28-23-20(26)9-6-10-21(23)27)31-19-14-11-17(12-15-19)13-16-22(29)18-7-4-3-5-8-18/h3-16H,1-2H3,(H,28,30)/b16-13-. The summed E-state index contributed by atoms with van der Waals surface area (Å²) in [4.78, 5) is 24.9. The highest BCUT2D eigenvalue weighted by atomic mass is 35.5. The predicted molar refractivity (Wildman–Crippen MR) is 126 cm³/mol. The average Bonchev–Trinajstić information content (AvgIpc) is 2.76. The van der Waals surface area contributed by atoms with Gasteiger partial charge in [0.2, 0.25) is 0 Å². The molecule has 3 aromatic carbocycles. The number of rotatable bonds is 7. The highest BCUT2D eigenvalue weighted by Crippen LogP contribution is 2.31. The summed E-state index contributed by atoms with van der Waals surface area (Å²) in [6.07, 6.45) is 3.26. The molecule has 0 aliphatic rings. The Hall–Kier alpha value is -3.08. The second kappa shape index (κ2) is 9.82. The fraction of sp³-hybridized carbons (Fsp3) is 0.120. The van der Waals surface area contributed by atoms with Gasteiger partial charge < -0.3 is 10.1 Å². The molecule has 3 rings (SSSR count). The molecular weight excluding hydrogens is 433 g/mol. The molecule has 0 spiro atoms. The number of amides is 1. The molecule has 6 heteroatoms. The monoisotopic (exact) mass is 453 g/mol. The number of benzene rings is 3. The molecule has 0 fully saturated rings. The molecule has 0 radical (unpaired) electrons. The van der Waals surface area contributed by atoms with Gasteiger partial charge in [-0.05, 0) is 49.8 Å². The number of halogens is 2. The zero-order chi connectivity index (χ0) is 22.4. The molecule has 158 valence electrons. The number of ether oxygens (including phenoxy) is 1. The van der Waals surface area contributed by atoms with Crippen LogP contribution in [0.5, 0.6) is 5.75 Å². The molecule has 0 aliphatic carbocycles. The number of nitrogens with one attached hydrogen (secondary N) is 1. The largest absolute Gasteiger partial charge is 0.478 e. The summed E-state index contributed by atoms with van der Waals surface area (Å²) in [5, 5.41) is 3.41. The van der Waals surface area contributed by atoms with E-state index in [1.807, 2.05) is 30.3 Å². The van der Waals surface area contributed by atoms with Gasteiger partial charge in [-0.2, -0.15) is 0 Å². The summed E-state index contributed by atoms with van der Waals surface area (Å²) in [5.74, 6) is 0.0498. The molecule has 3 aromatic rings. The summed E-state index contributed by atoms with van der Waals surface area (Å²) in [5.41, 5.74) is 0.631. The van der Waals surface area contributed by atoms with Gasteiger partial charge >= 0.3 is 0 Å². The normalized spacial score (nSPS) is 11.4. The number of ketones is 1. The molecule has 0 heterocycles. The van der Waals surface area contributed by atoms with Crippen LogP contribution in [-0.4, -0.2) is 17.3 Å². The van der Waals surface area contributed by atoms with Crippen LogP contribution < -0.4 is 10.1 Å². The van der Waals surface area contributed by atoms with Crippen molar-refractivity contribution >= 4 is 46.7 Å². The number of para-hydroxylation sites is 1. The van der Waals surface area contributed by atoms with Gasteiger partial charge in [-0.3, -0.25) is 9.59 Å². The molecule has 1 N–H and O–H groups in total. The molecule has 0 unspecified atom stereocenters. The number of anilines is 1. The molecule has 1 amide bonds. The molecular formula is C25H21Cl2NO3. The quantitative estimate of drug-likeness (QED) is 0.320. The lowest BCUT2D eigenvalue weighted by atomic mass is 10.1. The van der Waals surface area contributed by atoms with Crippen molar-refractivity contribution in [3.63, 3.8) is 0 Å². The summed E-state index contributed by atoms with van der Waals surface area (Å²) < 4.78 is 5.88. The molecule has 0 saturated carbocycles. The number of allylic oxidation sites excluding steroid dienone is 1. The minimum Gasteiger partial charge on any atom is -0.478 e. The van der Waals surface area contributed by atoms with Crippen LogP contribution in [0.2, 0.25) is 10.0 Å². The molecule has 4 nitrogen and oxygen atoms in total. The number of carbonyl (C=O) groups excluding carboxylic acids is 2. The fourth-order valence-corrected chi connectivity index (χ4v) is 3.23. The van der Waals surface area contributed by atoms with E-state index in [0.29, 0.717) is 27.0 Å². The highest BCUT2D eigenvalue weighted by Gasteiger charge is 2.31. The van der Waals surface area contributed by atoms with Crippen molar-refractivity contribution in [2.45, 2.75) is 19.4 Å². The lowest BCUT2D eigenvalue weighted by molar-refractivity contribution is -0.128. The smallest absolute Gasteiger partial charge is 0.268 e. The zero-order valence-corrected chi connectivity index (χ0v) is 18.6. The second-order valence-electron chi connectivity index (χ2n) is 7.30. The van der Waals surface area contributed by atoms with Crippen LogP contribution in [-0.2, 0) is 4.79 Å². The van der Waals surface area contributed by atoms with Crippen LogP contribution in [0.1, 0.15) is 29.8 Å². The van der Waals surface area contributed by atoms with Crippen molar-refractivity contribution in [1.29, 1.82) is 0 Å². The van der Waals surface area contributed by atoms with Crippen molar-refractivity contribution in [2.75, 3.05) is 5.32 Å². The number of hydrogen-bond donors (Lipinski definition) is 1. The van der Waals surface area contributed by atoms with Crippen molar-refractivity contribution in [2.24, 2.45) is 0 Å². The number of carbonyl (C=O) groups is 2. The van der Waals surface area contributed by atoms with E-state index in [2.05, 4.69) is 5.32 Å². The number of hydrogen-bond acceptors (Lipinski definition) is 3. The van der Waals surface area contributed by atoms with Crippen LogP contribution in [0.25, 0.3) is 6.08 Å². The Bertz CT molecular complexity index is 1090. The maximum atomic E-state index is 12.7. The van der Waals surface area contributed by atoms with Gasteiger partial charge in [0, 0.05) is 5.56 Å². The van der Waals surface area contributed by atoms with Gasteiger partial charge in [-0.1, -0.05) is 77.8 Å². The average molecular weight is 454 g/mol. The Morgan fingerprint density at radius 2 is 1.48 bits per heavy atom. The van der Waals surface area contributed by atoms with Crippen LogP contribution >= 0.6 is 23.2 Å². The third-order valence-electron chi connectivity index (χ3n) is 4.49. The van der Waals surface area contributed by atoms with Gasteiger partial charge in [0.15, 0.2) is 11.4 Å². The molecule has 0 bridgehead atoms. The topological polar surface area (TPSA) is 55.4 Å². The van der Waals surface area contributed by atoms with Gasteiger partial charge in [-0.25, -0.2) is 0 Å². The van der Waals surface area contributed by atoms with Gasteiger partial charge in [0.1, 0.15) is 5.75 Å². The Morgan fingerprint density at radius 1 is 0.871 bits per heavy atom. The second-order valence-corrected chi connectivity index (χ2v) is 8.11. The van der Waals surface area contributed by atoms with E-state index in [0.717, 1.165) is 5.56 Å². The van der Waals surface area contributed by atoms with E-state index in [-0.39, 0.29) is 11.7 Å². The van der Waals surface area contributed by atoms with Gasteiger partial charge in [-0.15, -0.1) is 0 Å². The van der Waals surface area contributed by atoms with Gasteiger partial charge in [0.25, 0.3) is 5.91 Å². The van der Waals surface area contributed by atoms with E-state index in [9.17, 15) is 9.59 Å². The van der Waals surface area contributed by atoms with Crippen molar-refractivity contribution < 1.29 is 14.3 Å². The zero-order valence-electron chi connectivity index (χ0n) is 17.1. The molecule has 0 atom stereocenters. The van der Waals surface area contributed by atoms with Crippen molar-refractivity contribution in [1.82, 2.24) is 0 Å². The van der Waals surface area contributed by atoms with E-state index < -0.39 is 5.60 Å². The summed E-state index contributed by atoms with van der Waals surface area (Å²) in [7, 11) is 0. The Labute approximate surface area is 191 Å².